The molecule has 0 bridgehead atoms. The van der Waals surface area contributed by atoms with E-state index in [1.165, 1.54) is 0 Å². The lowest BCUT2D eigenvalue weighted by atomic mass is 10.1. The van der Waals surface area contributed by atoms with Crippen LogP contribution in [0.5, 0.6) is 0 Å². The summed E-state index contributed by atoms with van der Waals surface area (Å²) in [4.78, 5) is 25.4. The highest BCUT2D eigenvalue weighted by Crippen LogP contribution is 2.30. The number of fused-ring (bicyclic) bond motifs is 1. The second-order valence-corrected chi connectivity index (χ2v) is 5.18. The van der Waals surface area contributed by atoms with Crippen LogP contribution < -0.4 is 4.90 Å². The summed E-state index contributed by atoms with van der Waals surface area (Å²) in [5.41, 5.74) is 2.44. The fraction of sp³-hybridized carbons (Fsp3) is 0.429. The third-order valence-electron chi connectivity index (χ3n) is 3.21. The normalized spacial score (nSPS) is 14.2. The van der Waals surface area contributed by atoms with Gasteiger partial charge in [0.05, 0.1) is 11.3 Å². The topological polar surface area (TPSA) is 37.4 Å². The molecule has 0 N–H and O–H groups in total. The Hall–Kier alpha value is -1.16. The van der Waals surface area contributed by atoms with Gasteiger partial charge in [-0.1, -0.05) is 28.9 Å². The van der Waals surface area contributed by atoms with Crippen molar-refractivity contribution in [3.63, 3.8) is 0 Å². The van der Waals surface area contributed by atoms with Crippen LogP contribution in [0.3, 0.4) is 0 Å². The molecule has 96 valence electrons. The number of benzene rings is 1. The number of rotatable bonds is 5. The van der Waals surface area contributed by atoms with Gasteiger partial charge in [0.15, 0.2) is 0 Å². The Morgan fingerprint density at radius 1 is 1.22 bits per heavy atom. The first-order valence-corrected chi connectivity index (χ1v) is 7.36. The van der Waals surface area contributed by atoms with E-state index < -0.39 is 0 Å². The van der Waals surface area contributed by atoms with Gasteiger partial charge in [0, 0.05) is 11.9 Å². The standard InChI is InChI=1S/C14H16BrNO2/c1-2-10-5-6-12-11(9-10)13(17)14(18)16(12)8-4-3-7-15/h5-6,9H,2-4,7-8H2,1H3. The first-order chi connectivity index (χ1) is 8.69. The van der Waals surface area contributed by atoms with E-state index >= 15 is 0 Å². The van der Waals surface area contributed by atoms with Crippen LogP contribution >= 0.6 is 15.9 Å². The second-order valence-electron chi connectivity index (χ2n) is 4.39. The highest BCUT2D eigenvalue weighted by molar-refractivity contribution is 9.09. The van der Waals surface area contributed by atoms with E-state index in [1.807, 2.05) is 25.1 Å². The Labute approximate surface area is 115 Å². The van der Waals surface area contributed by atoms with E-state index in [0.29, 0.717) is 12.1 Å². The highest BCUT2D eigenvalue weighted by atomic mass is 79.9. The number of hydrogen-bond acceptors (Lipinski definition) is 2. The number of halogens is 1. The molecule has 0 atom stereocenters. The molecule has 0 spiro atoms. The Balaban J connectivity index is 2.26. The van der Waals surface area contributed by atoms with Crippen LogP contribution in [0.25, 0.3) is 0 Å². The molecule has 1 aliphatic heterocycles. The molecular weight excluding hydrogens is 294 g/mol. The van der Waals surface area contributed by atoms with Gasteiger partial charge < -0.3 is 4.90 Å². The lowest BCUT2D eigenvalue weighted by Crippen LogP contribution is -2.30. The molecule has 3 nitrogen and oxygen atoms in total. The van der Waals surface area contributed by atoms with Crippen LogP contribution in [-0.4, -0.2) is 23.6 Å². The number of aryl methyl sites for hydroxylation is 1. The third-order valence-corrected chi connectivity index (χ3v) is 3.77. The van der Waals surface area contributed by atoms with Crippen molar-refractivity contribution >= 4 is 33.3 Å². The highest BCUT2D eigenvalue weighted by Gasteiger charge is 2.35. The van der Waals surface area contributed by atoms with Gasteiger partial charge in [0.1, 0.15) is 0 Å². The zero-order valence-electron chi connectivity index (χ0n) is 10.4. The van der Waals surface area contributed by atoms with E-state index in [2.05, 4.69) is 15.9 Å². The van der Waals surface area contributed by atoms with Crippen molar-refractivity contribution in [1.29, 1.82) is 0 Å². The number of Topliss-reactive ketones (excluding diaryl/α,β-unsaturated/α-hetero) is 1. The van der Waals surface area contributed by atoms with Crippen molar-refractivity contribution in [2.75, 3.05) is 16.8 Å². The summed E-state index contributed by atoms with van der Waals surface area (Å²) in [5.74, 6) is -0.744. The maximum Gasteiger partial charge on any atom is 0.299 e. The number of unbranched alkanes of at least 4 members (excludes halogenated alkanes) is 1. The van der Waals surface area contributed by atoms with Crippen molar-refractivity contribution in [3.05, 3.63) is 29.3 Å². The fourth-order valence-corrected chi connectivity index (χ4v) is 2.55. The zero-order chi connectivity index (χ0) is 13.1. The van der Waals surface area contributed by atoms with Crippen molar-refractivity contribution < 1.29 is 9.59 Å². The predicted octanol–water partition coefficient (Wildman–Crippen LogP) is 2.95. The second kappa shape index (κ2) is 5.65. The molecule has 0 fully saturated rings. The maximum absolute atomic E-state index is 11.9. The van der Waals surface area contributed by atoms with Crippen molar-refractivity contribution in [1.82, 2.24) is 0 Å². The van der Waals surface area contributed by atoms with Gasteiger partial charge in [-0.15, -0.1) is 0 Å². The van der Waals surface area contributed by atoms with Crippen molar-refractivity contribution in [2.45, 2.75) is 26.2 Å². The van der Waals surface area contributed by atoms with Crippen LogP contribution in [0.1, 0.15) is 35.7 Å². The Kier molecular flexibility index (Phi) is 4.17. The zero-order valence-corrected chi connectivity index (χ0v) is 12.0. The molecule has 0 unspecified atom stereocenters. The van der Waals surface area contributed by atoms with E-state index in [4.69, 9.17) is 0 Å². The lowest BCUT2D eigenvalue weighted by molar-refractivity contribution is -0.114. The molecule has 1 heterocycles. The summed E-state index contributed by atoms with van der Waals surface area (Å²) >= 11 is 3.37. The summed E-state index contributed by atoms with van der Waals surface area (Å²) < 4.78 is 0. The first-order valence-electron chi connectivity index (χ1n) is 6.24. The van der Waals surface area contributed by atoms with Gasteiger partial charge in [-0.3, -0.25) is 9.59 Å². The Bertz CT molecular complexity index is 485. The molecule has 1 aromatic carbocycles. The molecule has 2 rings (SSSR count). The fourth-order valence-electron chi connectivity index (χ4n) is 2.15. The smallest absolute Gasteiger partial charge is 0.299 e. The largest absolute Gasteiger partial charge is 0.305 e. The number of anilines is 1. The molecule has 0 saturated carbocycles. The average Bonchev–Trinajstić information content (AvgIpc) is 2.63. The number of carbonyl (C=O) groups excluding carboxylic acids is 2. The number of alkyl halides is 1. The van der Waals surface area contributed by atoms with E-state index in [9.17, 15) is 9.59 Å². The number of carbonyl (C=O) groups is 2. The van der Waals surface area contributed by atoms with Gasteiger partial charge in [-0.05, 0) is 37.0 Å². The monoisotopic (exact) mass is 309 g/mol. The van der Waals surface area contributed by atoms with Crippen molar-refractivity contribution in [2.24, 2.45) is 0 Å². The Morgan fingerprint density at radius 2 is 2.00 bits per heavy atom. The first kappa shape index (κ1) is 13.3. The van der Waals surface area contributed by atoms with Gasteiger partial charge in [-0.25, -0.2) is 0 Å². The lowest BCUT2D eigenvalue weighted by Gasteiger charge is -2.16. The summed E-state index contributed by atoms with van der Waals surface area (Å²) in [6.45, 7) is 2.66. The summed E-state index contributed by atoms with van der Waals surface area (Å²) in [6.07, 6.45) is 2.78. The minimum atomic E-state index is -0.382. The molecular formula is C14H16BrNO2. The molecule has 1 aliphatic rings. The molecule has 0 aliphatic carbocycles. The molecule has 0 saturated heterocycles. The van der Waals surface area contributed by atoms with Crippen LogP contribution in [-0.2, 0) is 11.2 Å². The minimum Gasteiger partial charge on any atom is -0.305 e. The maximum atomic E-state index is 11.9. The van der Waals surface area contributed by atoms with Crippen molar-refractivity contribution in [3.8, 4) is 0 Å². The quantitative estimate of drug-likeness (QED) is 0.476. The summed E-state index contributed by atoms with van der Waals surface area (Å²) in [6, 6.07) is 5.73. The van der Waals surface area contributed by atoms with Gasteiger partial charge in [-0.2, -0.15) is 0 Å². The van der Waals surface area contributed by atoms with Crippen LogP contribution in [0.15, 0.2) is 18.2 Å². The summed E-state index contributed by atoms with van der Waals surface area (Å²) in [7, 11) is 0. The van der Waals surface area contributed by atoms with Gasteiger partial charge in [0.2, 0.25) is 0 Å². The average molecular weight is 310 g/mol. The molecule has 1 amide bonds. The van der Waals surface area contributed by atoms with E-state index in [0.717, 1.165) is 35.8 Å². The minimum absolute atomic E-state index is 0.362. The van der Waals surface area contributed by atoms with Gasteiger partial charge >= 0.3 is 0 Å². The molecule has 4 heteroatoms. The molecule has 0 radical (unpaired) electrons. The predicted molar refractivity (Wildman–Crippen MR) is 75.5 cm³/mol. The van der Waals surface area contributed by atoms with E-state index in [-0.39, 0.29) is 11.7 Å². The molecule has 0 aromatic heterocycles. The van der Waals surface area contributed by atoms with Gasteiger partial charge in [0.25, 0.3) is 11.7 Å². The molecule has 18 heavy (non-hydrogen) atoms. The third kappa shape index (κ3) is 2.34. The van der Waals surface area contributed by atoms with Crippen LogP contribution in [0.4, 0.5) is 5.69 Å². The van der Waals surface area contributed by atoms with Crippen LogP contribution in [0, 0.1) is 0 Å². The molecule has 1 aromatic rings. The number of hydrogen-bond donors (Lipinski definition) is 0. The number of amides is 1. The number of nitrogens with zero attached hydrogens (tertiary/aromatic N) is 1. The Morgan fingerprint density at radius 3 is 2.67 bits per heavy atom. The summed E-state index contributed by atoms with van der Waals surface area (Å²) in [5, 5.41) is 0.921. The number of ketones is 1. The van der Waals surface area contributed by atoms with E-state index in [1.54, 1.807) is 4.90 Å². The SMILES string of the molecule is CCc1ccc2c(c1)C(=O)C(=O)N2CCCCBr. The van der Waals surface area contributed by atoms with Crippen LogP contribution in [0.2, 0.25) is 0 Å².